The van der Waals surface area contributed by atoms with Crippen molar-refractivity contribution in [2.75, 3.05) is 7.11 Å². The van der Waals surface area contributed by atoms with Gasteiger partial charge in [-0.1, -0.05) is 6.07 Å². The second-order valence-electron chi connectivity index (χ2n) is 6.73. The van der Waals surface area contributed by atoms with Crippen LogP contribution in [0.3, 0.4) is 0 Å². The van der Waals surface area contributed by atoms with E-state index in [2.05, 4.69) is 15.9 Å². The third-order valence-electron chi connectivity index (χ3n) is 4.08. The number of ether oxygens (including phenoxy) is 2. The molecule has 1 atom stereocenters. The van der Waals surface area contributed by atoms with Crippen LogP contribution < -0.4 is 4.74 Å². The summed E-state index contributed by atoms with van der Waals surface area (Å²) < 4.78 is 12.1. The topological polar surface area (TPSA) is 38.7 Å². The molecule has 2 rings (SSSR count). The molecule has 4 heteroatoms. The third kappa shape index (κ3) is 2.87. The molecule has 0 amide bonds. The minimum absolute atomic E-state index is 0.304. The van der Waals surface area contributed by atoms with Crippen LogP contribution in [0.15, 0.2) is 22.7 Å². The van der Waals surface area contributed by atoms with E-state index in [4.69, 9.17) is 9.47 Å². The van der Waals surface area contributed by atoms with Gasteiger partial charge in [-0.25, -0.2) is 0 Å². The van der Waals surface area contributed by atoms with Crippen molar-refractivity contribution in [1.29, 1.82) is 0 Å². The first-order chi connectivity index (χ1) is 9.09. The second kappa shape index (κ2) is 5.00. The summed E-state index contributed by atoms with van der Waals surface area (Å²) in [6, 6.07) is 5.90. The normalized spacial score (nSPS) is 27.6. The van der Waals surface area contributed by atoms with Crippen molar-refractivity contribution >= 4 is 15.9 Å². The Morgan fingerprint density at radius 1 is 1.30 bits per heavy atom. The molecule has 112 valence electrons. The van der Waals surface area contributed by atoms with Crippen molar-refractivity contribution in [3.8, 4) is 5.75 Å². The summed E-state index contributed by atoms with van der Waals surface area (Å²) >= 11 is 3.49. The zero-order chi connectivity index (χ0) is 15.2. The van der Waals surface area contributed by atoms with Crippen LogP contribution in [0.25, 0.3) is 0 Å². The number of methoxy groups -OCH3 is 1. The average molecular weight is 343 g/mol. The summed E-state index contributed by atoms with van der Waals surface area (Å²) in [5, 5.41) is 11.1. The van der Waals surface area contributed by atoms with E-state index in [1.807, 2.05) is 45.9 Å². The van der Waals surface area contributed by atoms with Gasteiger partial charge in [0, 0.05) is 12.8 Å². The van der Waals surface area contributed by atoms with E-state index in [0.717, 1.165) is 15.8 Å². The molecule has 1 aliphatic rings. The highest BCUT2D eigenvalue weighted by Gasteiger charge is 2.56. The SMILES string of the molecule is COc1ccc(CC2(O)CC(C)(C)OC2(C)C)cc1Br. The fraction of sp³-hybridized carbons (Fsp3) is 0.625. The van der Waals surface area contributed by atoms with E-state index < -0.39 is 11.2 Å². The lowest BCUT2D eigenvalue weighted by Gasteiger charge is -2.35. The first-order valence-electron chi connectivity index (χ1n) is 6.84. The standard InChI is InChI=1S/C16H23BrO3/c1-14(2)10-16(18,15(3,4)20-14)9-11-6-7-13(19-5)12(17)8-11/h6-8,18H,9-10H2,1-5H3. The van der Waals surface area contributed by atoms with Gasteiger partial charge in [-0.15, -0.1) is 0 Å². The second-order valence-corrected chi connectivity index (χ2v) is 7.58. The molecule has 0 spiro atoms. The summed E-state index contributed by atoms with van der Waals surface area (Å²) in [5.41, 5.74) is -0.676. The average Bonchev–Trinajstić information content (AvgIpc) is 2.42. The Hall–Kier alpha value is -0.580. The van der Waals surface area contributed by atoms with Gasteiger partial charge in [0.05, 0.1) is 28.4 Å². The monoisotopic (exact) mass is 342 g/mol. The molecule has 0 aliphatic carbocycles. The van der Waals surface area contributed by atoms with Gasteiger partial charge in [0.15, 0.2) is 0 Å². The quantitative estimate of drug-likeness (QED) is 0.909. The van der Waals surface area contributed by atoms with Gasteiger partial charge in [-0.05, 0) is 61.3 Å². The predicted molar refractivity (Wildman–Crippen MR) is 83.2 cm³/mol. The van der Waals surface area contributed by atoms with E-state index in [1.54, 1.807) is 7.11 Å². The molecular weight excluding hydrogens is 320 g/mol. The van der Waals surface area contributed by atoms with Gasteiger partial charge in [-0.3, -0.25) is 0 Å². The molecule has 1 aromatic carbocycles. The van der Waals surface area contributed by atoms with Crippen molar-refractivity contribution in [3.63, 3.8) is 0 Å². The largest absolute Gasteiger partial charge is 0.496 e. The summed E-state index contributed by atoms with van der Waals surface area (Å²) in [4.78, 5) is 0. The molecule has 1 fully saturated rings. The number of hydrogen-bond donors (Lipinski definition) is 1. The van der Waals surface area contributed by atoms with Crippen molar-refractivity contribution in [2.24, 2.45) is 0 Å². The van der Waals surface area contributed by atoms with E-state index in [-0.39, 0.29) is 5.60 Å². The van der Waals surface area contributed by atoms with Crippen LogP contribution in [0.5, 0.6) is 5.75 Å². The minimum atomic E-state index is -0.871. The number of aliphatic hydroxyl groups is 1. The molecule has 0 bridgehead atoms. The van der Waals surface area contributed by atoms with Crippen LogP contribution in [-0.4, -0.2) is 29.0 Å². The van der Waals surface area contributed by atoms with E-state index >= 15 is 0 Å². The maximum atomic E-state index is 11.1. The Balaban J connectivity index is 2.27. The van der Waals surface area contributed by atoms with Crippen LogP contribution in [0.2, 0.25) is 0 Å². The Labute approximate surface area is 129 Å². The zero-order valence-corrected chi connectivity index (χ0v) is 14.4. The molecule has 20 heavy (non-hydrogen) atoms. The van der Waals surface area contributed by atoms with E-state index in [1.165, 1.54) is 0 Å². The Bertz CT molecular complexity index is 510. The van der Waals surface area contributed by atoms with Crippen molar-refractivity contribution in [1.82, 2.24) is 0 Å². The summed E-state index contributed by atoms with van der Waals surface area (Å²) in [6.07, 6.45) is 1.18. The highest BCUT2D eigenvalue weighted by molar-refractivity contribution is 9.10. The molecule has 1 saturated heterocycles. The number of rotatable bonds is 3. The maximum absolute atomic E-state index is 11.1. The van der Waals surface area contributed by atoms with Crippen LogP contribution in [0.1, 0.15) is 39.7 Å². The minimum Gasteiger partial charge on any atom is -0.496 e. The summed E-state index contributed by atoms with van der Waals surface area (Å²) in [6.45, 7) is 7.97. The van der Waals surface area contributed by atoms with Crippen LogP contribution in [-0.2, 0) is 11.2 Å². The van der Waals surface area contributed by atoms with Gasteiger partial charge < -0.3 is 14.6 Å². The number of halogens is 1. The summed E-state index contributed by atoms with van der Waals surface area (Å²) in [7, 11) is 1.64. The fourth-order valence-corrected chi connectivity index (χ4v) is 3.76. The first kappa shape index (κ1) is 15.8. The Morgan fingerprint density at radius 3 is 2.40 bits per heavy atom. The highest BCUT2D eigenvalue weighted by atomic mass is 79.9. The van der Waals surface area contributed by atoms with Crippen molar-refractivity contribution in [2.45, 2.75) is 57.3 Å². The lowest BCUT2D eigenvalue weighted by atomic mass is 9.78. The Kier molecular flexibility index (Phi) is 3.95. The summed E-state index contributed by atoms with van der Waals surface area (Å²) in [5.74, 6) is 0.794. The van der Waals surface area contributed by atoms with Gasteiger partial charge in [0.2, 0.25) is 0 Å². The van der Waals surface area contributed by atoms with Gasteiger partial charge >= 0.3 is 0 Å². The lowest BCUT2D eigenvalue weighted by molar-refractivity contribution is -0.125. The van der Waals surface area contributed by atoms with Crippen molar-refractivity contribution < 1.29 is 14.6 Å². The molecule has 1 heterocycles. The molecule has 3 nitrogen and oxygen atoms in total. The van der Waals surface area contributed by atoms with Crippen LogP contribution in [0.4, 0.5) is 0 Å². The first-order valence-corrected chi connectivity index (χ1v) is 7.63. The molecule has 1 N–H and O–H groups in total. The molecule has 1 unspecified atom stereocenters. The van der Waals surface area contributed by atoms with E-state index in [0.29, 0.717) is 12.8 Å². The Morgan fingerprint density at radius 2 is 1.95 bits per heavy atom. The number of benzene rings is 1. The van der Waals surface area contributed by atoms with Crippen LogP contribution >= 0.6 is 15.9 Å². The molecular formula is C16H23BrO3. The smallest absolute Gasteiger partial charge is 0.133 e. The number of hydrogen-bond acceptors (Lipinski definition) is 3. The lowest BCUT2D eigenvalue weighted by Crippen LogP contribution is -2.48. The van der Waals surface area contributed by atoms with E-state index in [9.17, 15) is 5.11 Å². The van der Waals surface area contributed by atoms with Gasteiger partial charge in [-0.2, -0.15) is 0 Å². The van der Waals surface area contributed by atoms with Crippen molar-refractivity contribution in [3.05, 3.63) is 28.2 Å². The third-order valence-corrected chi connectivity index (χ3v) is 4.70. The van der Waals surface area contributed by atoms with Gasteiger partial charge in [0.1, 0.15) is 5.75 Å². The highest BCUT2D eigenvalue weighted by Crippen LogP contribution is 2.46. The predicted octanol–water partition coefficient (Wildman–Crippen LogP) is 3.71. The molecule has 1 aromatic rings. The molecule has 0 aromatic heterocycles. The molecule has 1 aliphatic heterocycles. The molecule has 0 saturated carbocycles. The van der Waals surface area contributed by atoms with Gasteiger partial charge in [0.25, 0.3) is 0 Å². The van der Waals surface area contributed by atoms with Crippen LogP contribution in [0, 0.1) is 0 Å². The fourth-order valence-electron chi connectivity index (χ4n) is 3.17. The maximum Gasteiger partial charge on any atom is 0.133 e. The molecule has 0 radical (unpaired) electrons. The zero-order valence-electron chi connectivity index (χ0n) is 12.8.